The van der Waals surface area contributed by atoms with E-state index in [2.05, 4.69) is 4.74 Å². The van der Waals surface area contributed by atoms with Gasteiger partial charge >= 0.3 is 5.97 Å². The highest BCUT2D eigenvalue weighted by atomic mass is 16.6. The first-order chi connectivity index (χ1) is 7.95. The van der Waals surface area contributed by atoms with Gasteiger partial charge in [0.2, 0.25) is 0 Å². The predicted molar refractivity (Wildman–Crippen MR) is 60.4 cm³/mol. The first-order valence-corrected chi connectivity index (χ1v) is 4.69. The van der Waals surface area contributed by atoms with Gasteiger partial charge in [-0.3, -0.25) is 10.1 Å². The van der Waals surface area contributed by atoms with E-state index in [4.69, 9.17) is 0 Å². The van der Waals surface area contributed by atoms with Crippen molar-refractivity contribution in [3.63, 3.8) is 0 Å². The van der Waals surface area contributed by atoms with Gasteiger partial charge in [0.05, 0.1) is 12.0 Å². The van der Waals surface area contributed by atoms with Crippen LogP contribution in [0.2, 0.25) is 0 Å². The highest BCUT2D eigenvalue weighted by Gasteiger charge is 2.10. The second kappa shape index (κ2) is 5.11. The van der Waals surface area contributed by atoms with Crippen molar-refractivity contribution in [2.75, 3.05) is 7.11 Å². The third kappa shape index (κ3) is 3.04. The highest BCUT2D eigenvalue weighted by Crippen LogP contribution is 2.25. The lowest BCUT2D eigenvalue weighted by atomic mass is 10.1. The number of hydrogen-bond acceptors (Lipinski definition) is 5. The Hall–Kier alpha value is -2.37. The predicted octanol–water partition coefficient (Wildman–Crippen LogP) is 1.88. The Morgan fingerprint density at radius 3 is 2.71 bits per heavy atom. The monoisotopic (exact) mass is 237 g/mol. The number of benzene rings is 1. The molecule has 1 N–H and O–H groups in total. The molecule has 0 aliphatic carbocycles. The molecule has 6 nitrogen and oxygen atoms in total. The van der Waals surface area contributed by atoms with Crippen LogP contribution >= 0.6 is 0 Å². The van der Waals surface area contributed by atoms with Gasteiger partial charge in [-0.25, -0.2) is 4.79 Å². The number of non-ortho nitro benzene ring substituents is 1. The normalized spacial score (nSPS) is 11.1. The van der Waals surface area contributed by atoms with E-state index in [0.29, 0.717) is 0 Å². The molecule has 17 heavy (non-hydrogen) atoms. The fourth-order valence-corrected chi connectivity index (χ4v) is 1.22. The van der Waals surface area contributed by atoms with Gasteiger partial charge < -0.3 is 9.84 Å². The summed E-state index contributed by atoms with van der Waals surface area (Å²) in [6, 6.07) is 3.57. The summed E-state index contributed by atoms with van der Waals surface area (Å²) in [5.41, 5.74) is 0.275. The number of ether oxygens (including phenoxy) is 1. The van der Waals surface area contributed by atoms with E-state index >= 15 is 0 Å². The quantitative estimate of drug-likeness (QED) is 0.375. The van der Waals surface area contributed by atoms with Crippen molar-refractivity contribution >= 4 is 17.7 Å². The largest absolute Gasteiger partial charge is 0.507 e. The maximum Gasteiger partial charge on any atom is 0.333 e. The number of rotatable bonds is 3. The number of aromatic hydroxyl groups is 1. The second-order valence-corrected chi connectivity index (χ2v) is 3.32. The van der Waals surface area contributed by atoms with Gasteiger partial charge in [0.1, 0.15) is 5.75 Å². The lowest BCUT2D eigenvalue weighted by molar-refractivity contribution is -0.384. The Kier molecular flexibility index (Phi) is 3.82. The van der Waals surface area contributed by atoms with Gasteiger partial charge in [-0.2, -0.15) is 0 Å². The molecule has 1 aromatic rings. The minimum absolute atomic E-state index is 0.140. The fraction of sp³-hybridized carbons (Fsp3) is 0.182. The van der Waals surface area contributed by atoms with Crippen LogP contribution in [0.1, 0.15) is 12.5 Å². The molecule has 0 fully saturated rings. The van der Waals surface area contributed by atoms with Crippen molar-refractivity contribution in [2.45, 2.75) is 6.92 Å². The van der Waals surface area contributed by atoms with Crippen LogP contribution in [-0.2, 0) is 9.53 Å². The molecular formula is C11H11NO5. The molecule has 0 aromatic heterocycles. The molecule has 6 heteroatoms. The summed E-state index contributed by atoms with van der Waals surface area (Å²) in [7, 11) is 1.23. The third-order valence-electron chi connectivity index (χ3n) is 2.10. The standard InChI is InChI=1S/C11H11NO5/c1-7(11(14)17-2)5-8-6-9(12(15)16)3-4-10(8)13/h3-6,13H,1-2H3/b7-5+. The van der Waals surface area contributed by atoms with E-state index in [9.17, 15) is 20.0 Å². The lowest BCUT2D eigenvalue weighted by Crippen LogP contribution is -2.01. The number of methoxy groups -OCH3 is 1. The second-order valence-electron chi connectivity index (χ2n) is 3.32. The first kappa shape index (κ1) is 12.7. The summed E-state index contributed by atoms with van der Waals surface area (Å²) in [4.78, 5) is 21.1. The first-order valence-electron chi connectivity index (χ1n) is 4.69. The fourth-order valence-electron chi connectivity index (χ4n) is 1.22. The van der Waals surface area contributed by atoms with Crippen LogP contribution in [0.25, 0.3) is 6.08 Å². The molecule has 0 radical (unpaired) electrons. The van der Waals surface area contributed by atoms with E-state index in [-0.39, 0.29) is 22.6 Å². The Balaban J connectivity index is 3.17. The number of esters is 1. The van der Waals surface area contributed by atoms with Crippen LogP contribution in [0.4, 0.5) is 5.69 Å². The molecule has 1 aromatic carbocycles. The minimum atomic E-state index is -0.579. The molecule has 0 heterocycles. The molecule has 0 atom stereocenters. The van der Waals surface area contributed by atoms with Crippen LogP contribution in [0.15, 0.2) is 23.8 Å². The zero-order valence-electron chi connectivity index (χ0n) is 9.34. The zero-order valence-corrected chi connectivity index (χ0v) is 9.34. The lowest BCUT2D eigenvalue weighted by Gasteiger charge is -2.01. The molecule has 0 bridgehead atoms. The molecular weight excluding hydrogens is 226 g/mol. The van der Waals surface area contributed by atoms with E-state index in [1.54, 1.807) is 0 Å². The van der Waals surface area contributed by atoms with Gasteiger partial charge in [-0.1, -0.05) is 0 Å². The van der Waals surface area contributed by atoms with E-state index < -0.39 is 10.9 Å². The summed E-state index contributed by atoms with van der Waals surface area (Å²) < 4.78 is 4.48. The Morgan fingerprint density at radius 2 is 2.18 bits per heavy atom. The molecule has 0 aliphatic rings. The number of phenols is 1. The van der Waals surface area contributed by atoms with Crippen LogP contribution < -0.4 is 0 Å². The number of carbonyl (C=O) groups is 1. The van der Waals surface area contributed by atoms with E-state index in [1.165, 1.54) is 38.3 Å². The molecule has 0 saturated carbocycles. The number of nitro benzene ring substituents is 1. The molecule has 90 valence electrons. The highest BCUT2D eigenvalue weighted by molar-refractivity contribution is 5.93. The molecule has 0 unspecified atom stereocenters. The average Bonchev–Trinajstić information content (AvgIpc) is 2.30. The molecule has 1 rings (SSSR count). The van der Waals surface area contributed by atoms with Crippen molar-refractivity contribution in [1.82, 2.24) is 0 Å². The van der Waals surface area contributed by atoms with E-state index in [0.717, 1.165) is 0 Å². The SMILES string of the molecule is COC(=O)/C(C)=C/c1cc([N+](=O)[O-])ccc1O. The zero-order chi connectivity index (χ0) is 13.0. The maximum atomic E-state index is 11.1. The number of hydrogen-bond donors (Lipinski definition) is 1. The molecule has 0 spiro atoms. The molecule has 0 aliphatic heterocycles. The summed E-state index contributed by atoms with van der Waals surface area (Å²) in [6.07, 6.45) is 1.33. The average molecular weight is 237 g/mol. The number of nitro groups is 1. The summed E-state index contributed by atoms with van der Waals surface area (Å²) >= 11 is 0. The van der Waals surface area contributed by atoms with Crippen LogP contribution in [0, 0.1) is 10.1 Å². The van der Waals surface area contributed by atoms with E-state index in [1.807, 2.05) is 0 Å². The summed E-state index contributed by atoms with van der Waals surface area (Å²) in [5.74, 6) is -0.699. The smallest absolute Gasteiger partial charge is 0.333 e. The Morgan fingerprint density at radius 1 is 1.53 bits per heavy atom. The van der Waals surface area contributed by atoms with Crippen LogP contribution in [0.5, 0.6) is 5.75 Å². The van der Waals surface area contributed by atoms with Crippen molar-refractivity contribution in [3.8, 4) is 5.75 Å². The van der Waals surface area contributed by atoms with Gasteiger partial charge in [0.15, 0.2) is 0 Å². The summed E-state index contributed by atoms with van der Waals surface area (Å²) in [5, 5.41) is 20.1. The number of phenolic OH excluding ortho intramolecular Hbond substituents is 1. The third-order valence-corrected chi connectivity index (χ3v) is 2.10. The van der Waals surface area contributed by atoms with Crippen molar-refractivity contribution in [2.24, 2.45) is 0 Å². The van der Waals surface area contributed by atoms with Crippen molar-refractivity contribution in [1.29, 1.82) is 0 Å². The maximum absolute atomic E-state index is 11.1. The number of carbonyl (C=O) groups excluding carboxylic acids is 1. The topological polar surface area (TPSA) is 89.7 Å². The van der Waals surface area contributed by atoms with Gasteiger partial charge in [-0.15, -0.1) is 0 Å². The van der Waals surface area contributed by atoms with Gasteiger partial charge in [0.25, 0.3) is 5.69 Å². The van der Waals surface area contributed by atoms with Crippen molar-refractivity contribution < 1.29 is 19.6 Å². The molecule has 0 amide bonds. The minimum Gasteiger partial charge on any atom is -0.507 e. The van der Waals surface area contributed by atoms with Crippen LogP contribution in [-0.4, -0.2) is 23.1 Å². The summed E-state index contributed by atoms with van der Waals surface area (Å²) in [6.45, 7) is 1.49. The Bertz CT molecular complexity index is 493. The number of nitrogens with zero attached hydrogens (tertiary/aromatic N) is 1. The van der Waals surface area contributed by atoms with Gasteiger partial charge in [-0.05, 0) is 19.1 Å². The van der Waals surface area contributed by atoms with Crippen molar-refractivity contribution in [3.05, 3.63) is 39.4 Å². The van der Waals surface area contributed by atoms with Gasteiger partial charge in [0, 0.05) is 23.3 Å². The Labute approximate surface area is 97.3 Å². The van der Waals surface area contributed by atoms with Crippen LogP contribution in [0.3, 0.4) is 0 Å². The molecule has 0 saturated heterocycles.